The van der Waals surface area contributed by atoms with Crippen LogP contribution in [0.3, 0.4) is 0 Å². The van der Waals surface area contributed by atoms with Crippen LogP contribution < -0.4 is 10.6 Å². The number of aliphatic hydroxyl groups is 1. The topological polar surface area (TPSA) is 83.5 Å². The Kier molecular flexibility index (Phi) is 6.08. The fraction of sp³-hybridized carbons (Fsp3) is 0.429. The highest BCUT2D eigenvalue weighted by atomic mass is 35.5. The summed E-state index contributed by atoms with van der Waals surface area (Å²) in [5, 5.41) is 16.3. The van der Waals surface area contributed by atoms with Gasteiger partial charge in [-0.05, 0) is 49.2 Å². The normalized spacial score (nSPS) is 27.9. The molecule has 3 heterocycles. The average Bonchev–Trinajstić information content (AvgIpc) is 3.27. The number of hydrogen-bond acceptors (Lipinski definition) is 5. The minimum atomic E-state index is -0.330. The first-order chi connectivity index (χ1) is 14.0. The first-order valence-electron chi connectivity index (χ1n) is 9.66. The van der Waals surface area contributed by atoms with E-state index in [2.05, 4.69) is 15.6 Å². The zero-order chi connectivity index (χ0) is 20.5. The number of nitrogens with one attached hydrogen (secondary N) is 2. The SMILES string of the molecule is Cc1cc(C2C3OC(CC3NCCO)C2C(=O)Nc2ccc(Cl)c(Cl)c2)ccn1. The molecule has 4 rings (SSSR count). The summed E-state index contributed by atoms with van der Waals surface area (Å²) < 4.78 is 6.23. The van der Waals surface area contributed by atoms with E-state index < -0.39 is 0 Å². The predicted molar refractivity (Wildman–Crippen MR) is 112 cm³/mol. The lowest BCUT2D eigenvalue weighted by Crippen LogP contribution is -2.47. The number of rotatable bonds is 6. The molecule has 5 atom stereocenters. The Balaban J connectivity index is 1.60. The van der Waals surface area contributed by atoms with E-state index in [9.17, 15) is 4.79 Å². The molecule has 1 aromatic heterocycles. The van der Waals surface area contributed by atoms with Crippen molar-refractivity contribution in [3.63, 3.8) is 0 Å². The fourth-order valence-corrected chi connectivity index (χ4v) is 4.79. The fourth-order valence-electron chi connectivity index (χ4n) is 4.49. The molecule has 6 nitrogen and oxygen atoms in total. The minimum absolute atomic E-state index is 0.0637. The van der Waals surface area contributed by atoms with Crippen molar-refractivity contribution >= 4 is 34.8 Å². The number of nitrogens with zero attached hydrogens (tertiary/aromatic N) is 1. The molecule has 1 amide bonds. The first kappa shape index (κ1) is 20.6. The first-order valence-corrected chi connectivity index (χ1v) is 10.4. The summed E-state index contributed by atoms with van der Waals surface area (Å²) in [5.41, 5.74) is 2.54. The summed E-state index contributed by atoms with van der Waals surface area (Å²) in [7, 11) is 0. The molecular formula is C21H23Cl2N3O3. The molecule has 0 aliphatic carbocycles. The number of carbonyl (C=O) groups excluding carboxylic acids is 1. The van der Waals surface area contributed by atoms with E-state index in [1.165, 1.54) is 0 Å². The molecule has 5 unspecified atom stereocenters. The van der Waals surface area contributed by atoms with Gasteiger partial charge in [0.15, 0.2) is 0 Å². The maximum Gasteiger partial charge on any atom is 0.230 e. The molecule has 8 heteroatoms. The molecule has 3 N–H and O–H groups in total. The molecule has 2 aliphatic heterocycles. The van der Waals surface area contributed by atoms with Crippen LogP contribution in [-0.2, 0) is 9.53 Å². The van der Waals surface area contributed by atoms with Gasteiger partial charge in [0.2, 0.25) is 5.91 Å². The Morgan fingerprint density at radius 1 is 1.28 bits per heavy atom. The number of ether oxygens (including phenoxy) is 1. The zero-order valence-corrected chi connectivity index (χ0v) is 17.5. The van der Waals surface area contributed by atoms with Crippen LogP contribution in [0.5, 0.6) is 0 Å². The Morgan fingerprint density at radius 3 is 2.83 bits per heavy atom. The van der Waals surface area contributed by atoms with Crippen molar-refractivity contribution in [1.29, 1.82) is 0 Å². The van der Waals surface area contributed by atoms with E-state index in [0.717, 1.165) is 17.7 Å². The highest BCUT2D eigenvalue weighted by Gasteiger charge is 2.57. The Hall–Kier alpha value is -1.70. The molecule has 2 aliphatic rings. The van der Waals surface area contributed by atoms with Crippen molar-refractivity contribution in [3.05, 3.63) is 57.8 Å². The van der Waals surface area contributed by atoms with E-state index in [0.29, 0.717) is 22.3 Å². The molecule has 0 spiro atoms. The smallest absolute Gasteiger partial charge is 0.230 e. The lowest BCUT2D eigenvalue weighted by molar-refractivity contribution is -0.121. The van der Waals surface area contributed by atoms with Crippen molar-refractivity contribution in [2.75, 3.05) is 18.5 Å². The molecule has 2 bridgehead atoms. The maximum absolute atomic E-state index is 13.2. The highest BCUT2D eigenvalue weighted by Crippen LogP contribution is 2.49. The van der Waals surface area contributed by atoms with Gasteiger partial charge in [0.05, 0.1) is 34.8 Å². The van der Waals surface area contributed by atoms with Crippen LogP contribution in [0.2, 0.25) is 10.0 Å². The van der Waals surface area contributed by atoms with E-state index in [4.69, 9.17) is 33.0 Å². The van der Waals surface area contributed by atoms with Crippen molar-refractivity contribution in [2.24, 2.45) is 5.92 Å². The number of aromatic nitrogens is 1. The number of halogens is 2. The van der Waals surface area contributed by atoms with Gasteiger partial charge in [-0.3, -0.25) is 9.78 Å². The van der Waals surface area contributed by atoms with Gasteiger partial charge in [0.25, 0.3) is 0 Å². The summed E-state index contributed by atoms with van der Waals surface area (Å²) in [5.74, 6) is -0.534. The molecule has 1 aromatic carbocycles. The third-order valence-corrected chi connectivity index (χ3v) is 6.41. The van der Waals surface area contributed by atoms with E-state index >= 15 is 0 Å². The summed E-state index contributed by atoms with van der Waals surface area (Å²) in [6.45, 7) is 2.50. The minimum Gasteiger partial charge on any atom is -0.395 e. The second-order valence-electron chi connectivity index (χ2n) is 7.56. The van der Waals surface area contributed by atoms with Gasteiger partial charge in [0.1, 0.15) is 0 Å². The van der Waals surface area contributed by atoms with Crippen LogP contribution in [-0.4, -0.2) is 47.4 Å². The molecule has 154 valence electrons. The summed E-state index contributed by atoms with van der Waals surface area (Å²) in [6, 6.07) is 9.10. The predicted octanol–water partition coefficient (Wildman–Crippen LogP) is 3.16. The van der Waals surface area contributed by atoms with E-state index in [-0.39, 0.29) is 42.6 Å². The van der Waals surface area contributed by atoms with Gasteiger partial charge in [0, 0.05) is 36.1 Å². The zero-order valence-electron chi connectivity index (χ0n) is 15.9. The van der Waals surface area contributed by atoms with Crippen molar-refractivity contribution in [3.8, 4) is 0 Å². The number of benzene rings is 1. The maximum atomic E-state index is 13.2. The molecule has 0 radical (unpaired) electrons. The molecular weight excluding hydrogens is 413 g/mol. The number of aryl methyl sites for hydroxylation is 1. The summed E-state index contributed by atoms with van der Waals surface area (Å²) in [6.07, 6.45) is 2.15. The van der Waals surface area contributed by atoms with Crippen LogP contribution >= 0.6 is 23.2 Å². The summed E-state index contributed by atoms with van der Waals surface area (Å²) >= 11 is 12.1. The standard InChI is InChI=1S/C21H23Cl2N3O3/c1-11-8-12(4-5-24-11)18-19(17-10-16(20(18)29-17)25-6-7-27)21(28)26-13-2-3-14(22)15(23)9-13/h2-5,8-9,16-20,25,27H,6-7,10H2,1H3,(H,26,28). The number of fused-ring (bicyclic) bond motifs is 2. The number of carbonyl (C=O) groups is 1. The highest BCUT2D eigenvalue weighted by molar-refractivity contribution is 6.42. The average molecular weight is 436 g/mol. The van der Waals surface area contributed by atoms with E-state index in [1.54, 1.807) is 24.4 Å². The van der Waals surface area contributed by atoms with Gasteiger partial charge in [-0.25, -0.2) is 0 Å². The number of anilines is 1. The number of pyridine rings is 1. The third kappa shape index (κ3) is 4.13. The van der Waals surface area contributed by atoms with Crippen LogP contribution in [0.4, 0.5) is 5.69 Å². The van der Waals surface area contributed by atoms with Crippen LogP contribution in [0, 0.1) is 12.8 Å². The Labute approximate surface area is 179 Å². The molecule has 2 fully saturated rings. The molecule has 2 aromatic rings. The lowest BCUT2D eigenvalue weighted by atomic mass is 9.73. The van der Waals surface area contributed by atoms with Crippen LogP contribution in [0.15, 0.2) is 36.5 Å². The Morgan fingerprint density at radius 2 is 2.10 bits per heavy atom. The molecule has 29 heavy (non-hydrogen) atoms. The van der Waals surface area contributed by atoms with Crippen molar-refractivity contribution in [2.45, 2.75) is 37.5 Å². The number of aliphatic hydroxyl groups excluding tert-OH is 1. The van der Waals surface area contributed by atoms with Crippen LogP contribution in [0.1, 0.15) is 23.6 Å². The monoisotopic (exact) mass is 435 g/mol. The number of amides is 1. The van der Waals surface area contributed by atoms with Crippen LogP contribution in [0.25, 0.3) is 0 Å². The number of hydrogen-bond donors (Lipinski definition) is 3. The lowest BCUT2D eigenvalue weighted by Gasteiger charge is -2.33. The van der Waals surface area contributed by atoms with Gasteiger partial charge in [-0.2, -0.15) is 0 Å². The third-order valence-electron chi connectivity index (χ3n) is 5.67. The largest absolute Gasteiger partial charge is 0.395 e. The van der Waals surface area contributed by atoms with E-state index in [1.807, 2.05) is 19.1 Å². The van der Waals surface area contributed by atoms with Gasteiger partial charge < -0.3 is 20.5 Å². The second-order valence-corrected chi connectivity index (χ2v) is 8.37. The van der Waals surface area contributed by atoms with Gasteiger partial charge in [-0.15, -0.1) is 0 Å². The van der Waals surface area contributed by atoms with Gasteiger partial charge in [-0.1, -0.05) is 23.2 Å². The van der Waals surface area contributed by atoms with Gasteiger partial charge >= 0.3 is 0 Å². The quantitative estimate of drug-likeness (QED) is 0.648. The van der Waals surface area contributed by atoms with Crippen molar-refractivity contribution < 1.29 is 14.6 Å². The second kappa shape index (κ2) is 8.58. The summed E-state index contributed by atoms with van der Waals surface area (Å²) in [4.78, 5) is 17.5. The molecule has 0 saturated carbocycles. The van der Waals surface area contributed by atoms with Crippen molar-refractivity contribution in [1.82, 2.24) is 10.3 Å². The Bertz CT molecular complexity index is 910. The molecule has 2 saturated heterocycles.